The van der Waals surface area contributed by atoms with Crippen molar-refractivity contribution in [1.29, 1.82) is 0 Å². The first kappa shape index (κ1) is 27.2. The lowest BCUT2D eigenvalue weighted by Crippen LogP contribution is -2.50. The molecule has 5 heterocycles. The number of aromatic amines is 1. The van der Waals surface area contributed by atoms with Crippen LogP contribution in [0.25, 0.3) is 33.4 Å². The van der Waals surface area contributed by atoms with Gasteiger partial charge in [-0.2, -0.15) is 13.9 Å². The molecule has 4 aromatic rings. The summed E-state index contributed by atoms with van der Waals surface area (Å²) in [5, 5.41) is 20.8. The number of aromatic nitrogens is 6. The molecule has 0 spiro atoms. The molecular formula is C24H26F4N8O4. The molecule has 0 unspecified atom stereocenters. The molecule has 3 N–H and O–H groups in total. The fourth-order valence-corrected chi connectivity index (χ4v) is 4.72. The van der Waals surface area contributed by atoms with Crippen LogP contribution >= 0.6 is 0 Å². The number of nitrogens with zero attached hydrogens (tertiary/aromatic N) is 6. The Labute approximate surface area is 224 Å². The van der Waals surface area contributed by atoms with Crippen LogP contribution in [0.1, 0.15) is 19.0 Å². The number of nitrogens with one attached hydrogen (secondary N) is 2. The Hall–Kier alpha value is -4.34. The number of aliphatic hydroxyl groups is 1. The molecule has 5 rings (SSSR count). The maximum atomic E-state index is 14.4. The smallest absolute Gasteiger partial charge is 0.388 e. The lowest BCUT2D eigenvalue weighted by atomic mass is 10.0. The zero-order valence-electron chi connectivity index (χ0n) is 21.6. The predicted molar refractivity (Wildman–Crippen MR) is 133 cm³/mol. The summed E-state index contributed by atoms with van der Waals surface area (Å²) >= 11 is 0. The minimum absolute atomic E-state index is 0.00570. The third-order valence-electron chi connectivity index (χ3n) is 6.25. The van der Waals surface area contributed by atoms with E-state index in [-0.39, 0.29) is 48.0 Å². The standard InChI is InChI=1S/C24H26F4N8O4/c1-11(37)7-34(2)24(38)30-12-8-36-22(39-10-12)16(18(32-36)19(25)26)17-15(13-5-4-6-29-20(13)31-17)14-9-35(3)33-21(14)40-23(27)28/h4-6,9,11-12,19,23,37H,7-8,10H2,1-3H3,(H,29,31)(H,30,38)/t11-,12-/m0/s1. The van der Waals surface area contributed by atoms with Crippen LogP contribution in [-0.2, 0) is 13.6 Å². The van der Waals surface area contributed by atoms with E-state index in [4.69, 9.17) is 4.74 Å². The minimum atomic E-state index is -3.17. The first-order valence-electron chi connectivity index (χ1n) is 12.2. The second-order valence-corrected chi connectivity index (χ2v) is 9.41. The van der Waals surface area contributed by atoms with Crippen molar-refractivity contribution in [2.45, 2.75) is 38.7 Å². The summed E-state index contributed by atoms with van der Waals surface area (Å²) in [5.74, 6) is -0.390. The third kappa shape index (κ3) is 5.13. The molecule has 0 bridgehead atoms. The molecule has 1 aliphatic rings. The Bertz CT molecular complexity index is 1530. The van der Waals surface area contributed by atoms with Gasteiger partial charge in [0, 0.05) is 44.0 Å². The summed E-state index contributed by atoms with van der Waals surface area (Å²) < 4.78 is 68.2. The maximum Gasteiger partial charge on any atom is 0.388 e. The topological polar surface area (TPSA) is 135 Å². The van der Waals surface area contributed by atoms with Gasteiger partial charge in [-0.1, -0.05) is 0 Å². The number of aryl methyl sites for hydroxylation is 1. The number of fused-ring (bicyclic) bond motifs is 2. The number of carbonyl (C=O) groups is 1. The van der Waals surface area contributed by atoms with Crippen LogP contribution in [0.5, 0.6) is 11.8 Å². The van der Waals surface area contributed by atoms with Crippen molar-refractivity contribution in [2.75, 3.05) is 20.2 Å². The normalized spacial score (nSPS) is 15.8. The molecular weight excluding hydrogens is 540 g/mol. The summed E-state index contributed by atoms with van der Waals surface area (Å²) in [6, 6.07) is 2.19. The van der Waals surface area contributed by atoms with E-state index < -0.39 is 42.8 Å². The van der Waals surface area contributed by atoms with E-state index in [9.17, 15) is 27.5 Å². The first-order valence-corrected chi connectivity index (χ1v) is 12.2. The van der Waals surface area contributed by atoms with Crippen molar-refractivity contribution < 1.29 is 36.9 Å². The Morgan fingerprint density at radius 3 is 2.80 bits per heavy atom. The van der Waals surface area contributed by atoms with Crippen molar-refractivity contribution in [2.24, 2.45) is 7.05 Å². The molecule has 1 aliphatic heterocycles. The number of urea groups is 1. The van der Waals surface area contributed by atoms with Crippen LogP contribution in [0.2, 0.25) is 0 Å². The molecule has 4 aromatic heterocycles. The molecule has 214 valence electrons. The summed E-state index contributed by atoms with van der Waals surface area (Å²) in [6.07, 6.45) is -0.838. The van der Waals surface area contributed by atoms with Gasteiger partial charge >= 0.3 is 12.6 Å². The quantitative estimate of drug-likeness (QED) is 0.279. The predicted octanol–water partition coefficient (Wildman–Crippen LogP) is 3.15. The van der Waals surface area contributed by atoms with Crippen molar-refractivity contribution >= 4 is 17.1 Å². The van der Waals surface area contributed by atoms with E-state index in [2.05, 4.69) is 30.2 Å². The van der Waals surface area contributed by atoms with E-state index in [0.717, 1.165) is 0 Å². The van der Waals surface area contributed by atoms with Crippen LogP contribution in [0.3, 0.4) is 0 Å². The van der Waals surface area contributed by atoms with Crippen molar-refractivity contribution in [3.05, 3.63) is 30.2 Å². The number of likely N-dealkylation sites (N-methyl/N-ethyl adjacent to an activating group) is 1. The van der Waals surface area contributed by atoms with E-state index in [0.29, 0.717) is 11.0 Å². The Morgan fingerprint density at radius 2 is 2.10 bits per heavy atom. The minimum Gasteiger partial charge on any atom is -0.475 e. The number of hydrogen-bond donors (Lipinski definition) is 3. The first-order chi connectivity index (χ1) is 19.0. The molecule has 0 saturated heterocycles. The largest absolute Gasteiger partial charge is 0.475 e. The van der Waals surface area contributed by atoms with Crippen LogP contribution < -0.4 is 14.8 Å². The maximum absolute atomic E-state index is 14.4. The second-order valence-electron chi connectivity index (χ2n) is 9.41. The lowest BCUT2D eigenvalue weighted by Gasteiger charge is -2.28. The number of pyridine rings is 1. The van der Waals surface area contributed by atoms with Crippen LogP contribution in [0.4, 0.5) is 22.4 Å². The number of H-pyrrole nitrogens is 1. The molecule has 0 radical (unpaired) electrons. The number of ether oxygens (including phenoxy) is 2. The summed E-state index contributed by atoms with van der Waals surface area (Å²) in [4.78, 5) is 21.1. The van der Waals surface area contributed by atoms with Crippen molar-refractivity contribution in [3.8, 4) is 34.1 Å². The highest BCUT2D eigenvalue weighted by atomic mass is 19.3. The van der Waals surface area contributed by atoms with E-state index in [1.54, 1.807) is 19.1 Å². The van der Waals surface area contributed by atoms with E-state index in [1.807, 2.05) is 0 Å². The molecule has 40 heavy (non-hydrogen) atoms. The van der Waals surface area contributed by atoms with Gasteiger partial charge in [0.1, 0.15) is 17.9 Å². The summed E-state index contributed by atoms with van der Waals surface area (Å²) in [7, 11) is 3.02. The highest BCUT2D eigenvalue weighted by molar-refractivity contribution is 6.04. The number of amides is 2. The Morgan fingerprint density at radius 1 is 1.32 bits per heavy atom. The van der Waals surface area contributed by atoms with Gasteiger partial charge in [-0.25, -0.2) is 23.2 Å². The van der Waals surface area contributed by atoms with E-state index in [1.165, 1.54) is 40.8 Å². The fraction of sp³-hybridized carbons (Fsp3) is 0.417. The molecule has 12 nitrogen and oxygen atoms in total. The molecule has 0 aromatic carbocycles. The zero-order valence-corrected chi connectivity index (χ0v) is 21.6. The molecule has 2 amide bonds. The van der Waals surface area contributed by atoms with Gasteiger partial charge < -0.3 is 29.8 Å². The van der Waals surface area contributed by atoms with Crippen LogP contribution in [0.15, 0.2) is 24.5 Å². The van der Waals surface area contributed by atoms with Gasteiger partial charge in [-0.3, -0.25) is 4.68 Å². The van der Waals surface area contributed by atoms with Crippen LogP contribution in [-0.4, -0.2) is 84.5 Å². The van der Waals surface area contributed by atoms with Gasteiger partial charge in [0.2, 0.25) is 11.8 Å². The Kier molecular flexibility index (Phi) is 7.27. The fourth-order valence-electron chi connectivity index (χ4n) is 4.72. The van der Waals surface area contributed by atoms with Crippen molar-refractivity contribution in [3.63, 3.8) is 0 Å². The average molecular weight is 567 g/mol. The van der Waals surface area contributed by atoms with Gasteiger partial charge in [0.15, 0.2) is 0 Å². The van der Waals surface area contributed by atoms with Gasteiger partial charge in [0.05, 0.1) is 35.5 Å². The van der Waals surface area contributed by atoms with E-state index >= 15 is 0 Å². The summed E-state index contributed by atoms with van der Waals surface area (Å²) in [6.45, 7) is -1.58. The highest BCUT2D eigenvalue weighted by Crippen LogP contribution is 2.47. The average Bonchev–Trinajstić information content (AvgIpc) is 3.55. The van der Waals surface area contributed by atoms with Crippen LogP contribution in [0, 0.1) is 0 Å². The van der Waals surface area contributed by atoms with Gasteiger partial charge in [0.25, 0.3) is 6.43 Å². The van der Waals surface area contributed by atoms with Crippen molar-refractivity contribution in [1.82, 2.24) is 39.7 Å². The number of carbonyl (C=O) groups excluding carboxylic acids is 1. The Balaban J connectivity index is 1.59. The number of hydrogen-bond acceptors (Lipinski definition) is 7. The number of rotatable bonds is 8. The lowest BCUT2D eigenvalue weighted by molar-refractivity contribution is -0.0527. The summed E-state index contributed by atoms with van der Waals surface area (Å²) in [5.41, 5.74) is 0.104. The number of halogens is 4. The number of aliphatic hydroxyl groups excluding tert-OH is 1. The zero-order chi connectivity index (χ0) is 28.7. The monoisotopic (exact) mass is 566 g/mol. The molecule has 2 atom stereocenters. The molecule has 16 heteroatoms. The second kappa shape index (κ2) is 10.7. The van der Waals surface area contributed by atoms with Gasteiger partial charge in [-0.15, -0.1) is 5.10 Å². The van der Waals surface area contributed by atoms with Gasteiger partial charge in [-0.05, 0) is 19.1 Å². The highest BCUT2D eigenvalue weighted by Gasteiger charge is 2.35. The SMILES string of the molecule is C[C@H](O)CN(C)C(=O)N[C@@H]1COc2c(-c3[nH]c4ncccc4c3-c3cn(C)nc3OC(F)F)c(C(F)F)nn2C1. The third-order valence-corrected chi connectivity index (χ3v) is 6.25. The molecule has 0 aliphatic carbocycles. The molecule has 0 saturated carbocycles. The number of alkyl halides is 4. The molecule has 0 fully saturated rings.